The lowest BCUT2D eigenvalue weighted by molar-refractivity contribution is 0.137. The highest BCUT2D eigenvalue weighted by molar-refractivity contribution is 5.91. The Hall–Kier alpha value is -2.92. The number of hydrogen-bond acceptors (Lipinski definition) is 2. The van der Waals surface area contributed by atoms with Crippen molar-refractivity contribution in [3.8, 4) is 0 Å². The monoisotopic (exact) mass is 387 g/mol. The summed E-state index contributed by atoms with van der Waals surface area (Å²) in [6, 6.07) is 18.0. The van der Waals surface area contributed by atoms with Crippen LogP contribution < -0.4 is 5.69 Å². The molecular weight excluding hydrogens is 365 g/mol. The lowest BCUT2D eigenvalue weighted by atomic mass is 9.99. The van der Waals surface area contributed by atoms with E-state index < -0.39 is 0 Å². The first kappa shape index (κ1) is 17.0. The van der Waals surface area contributed by atoms with Gasteiger partial charge in [0.2, 0.25) is 0 Å². The molecule has 1 unspecified atom stereocenters. The Bertz CT molecular complexity index is 1300. The zero-order chi connectivity index (χ0) is 19.5. The lowest BCUT2D eigenvalue weighted by Crippen LogP contribution is -2.39. The molecule has 3 aromatic carbocycles. The number of aromatic nitrogens is 2. The minimum atomic E-state index is -0.135. The van der Waals surface area contributed by atoms with Crippen molar-refractivity contribution in [1.82, 2.24) is 14.5 Å². The Balaban J connectivity index is 1.28. The zero-order valence-corrected chi connectivity index (χ0v) is 16.1. The van der Waals surface area contributed by atoms with E-state index in [0.717, 1.165) is 54.2 Å². The summed E-state index contributed by atoms with van der Waals surface area (Å²) in [5, 5.41) is 1.84. The van der Waals surface area contributed by atoms with Gasteiger partial charge in [-0.3, -0.25) is 9.47 Å². The van der Waals surface area contributed by atoms with Crippen LogP contribution in [0.15, 0.2) is 59.4 Å². The Morgan fingerprint density at radius 2 is 1.79 bits per heavy atom. The number of benzene rings is 3. The van der Waals surface area contributed by atoms with Gasteiger partial charge in [0.25, 0.3) is 0 Å². The fourth-order valence-corrected chi connectivity index (χ4v) is 5.46. The van der Waals surface area contributed by atoms with Crippen LogP contribution in [0.2, 0.25) is 0 Å². The van der Waals surface area contributed by atoms with Gasteiger partial charge in [-0.25, -0.2) is 9.18 Å². The Morgan fingerprint density at radius 1 is 0.966 bits per heavy atom. The zero-order valence-electron chi connectivity index (χ0n) is 16.1. The second kappa shape index (κ2) is 6.29. The molecule has 1 aromatic heterocycles. The fraction of sp³-hybridized carbons (Fsp3) is 0.292. The summed E-state index contributed by atoms with van der Waals surface area (Å²) in [4.78, 5) is 18.0. The standard InChI is InChI=1S/C24H22FN3O/c25-19-9-8-15-14-22(18-5-3-4-17(19)23(15)18)27-12-10-16(11-13-27)28-21-7-2-1-6-20(21)26-24(28)29/h1-9,16,22H,10-14H2,(H,26,29). The molecule has 0 spiro atoms. The molecule has 4 aromatic rings. The smallest absolute Gasteiger partial charge is 0.306 e. The van der Waals surface area contributed by atoms with E-state index >= 15 is 0 Å². The van der Waals surface area contributed by atoms with Crippen LogP contribution in [0.5, 0.6) is 0 Å². The summed E-state index contributed by atoms with van der Waals surface area (Å²) in [5.41, 5.74) is 4.37. The summed E-state index contributed by atoms with van der Waals surface area (Å²) in [5.74, 6) is -0.135. The number of nitrogens with zero attached hydrogens (tertiary/aromatic N) is 2. The molecular formula is C24H22FN3O. The van der Waals surface area contributed by atoms with Crippen LogP contribution in [0.4, 0.5) is 4.39 Å². The third kappa shape index (κ3) is 2.50. The van der Waals surface area contributed by atoms with Gasteiger partial charge in [0.15, 0.2) is 0 Å². The number of piperidine rings is 1. The van der Waals surface area contributed by atoms with E-state index in [1.165, 1.54) is 11.1 Å². The Labute approximate surface area is 167 Å². The fourth-order valence-electron chi connectivity index (χ4n) is 5.46. The van der Waals surface area contributed by atoms with E-state index in [2.05, 4.69) is 16.0 Å². The molecule has 1 atom stereocenters. The number of aromatic amines is 1. The van der Waals surface area contributed by atoms with Crippen molar-refractivity contribution in [2.75, 3.05) is 13.1 Å². The number of rotatable bonds is 2. The molecule has 0 amide bonds. The quantitative estimate of drug-likeness (QED) is 0.548. The van der Waals surface area contributed by atoms with Gasteiger partial charge >= 0.3 is 5.69 Å². The molecule has 1 aliphatic heterocycles. The van der Waals surface area contributed by atoms with Crippen molar-refractivity contribution in [1.29, 1.82) is 0 Å². The third-order valence-electron chi connectivity index (χ3n) is 6.81. The number of fused-ring (bicyclic) bond motifs is 1. The maximum Gasteiger partial charge on any atom is 0.326 e. The molecule has 146 valence electrons. The number of imidazole rings is 1. The van der Waals surface area contributed by atoms with Gasteiger partial charge in [0.1, 0.15) is 5.82 Å². The molecule has 1 fully saturated rings. The third-order valence-corrected chi connectivity index (χ3v) is 6.81. The lowest BCUT2D eigenvalue weighted by Gasteiger charge is -2.36. The normalized spacial score (nSPS) is 20.1. The topological polar surface area (TPSA) is 41.0 Å². The molecule has 1 N–H and O–H groups in total. The molecule has 0 radical (unpaired) electrons. The number of H-pyrrole nitrogens is 1. The van der Waals surface area contributed by atoms with Gasteiger partial charge in [-0.1, -0.05) is 36.4 Å². The van der Waals surface area contributed by atoms with Crippen molar-refractivity contribution in [2.24, 2.45) is 0 Å². The molecule has 1 saturated heterocycles. The molecule has 0 bridgehead atoms. The SMILES string of the molecule is O=c1[nH]c2ccccc2n1C1CCN(C2Cc3ccc(F)c4cccc2c34)CC1. The van der Waals surface area contributed by atoms with Gasteiger partial charge in [0, 0.05) is 30.6 Å². The first-order chi connectivity index (χ1) is 14.2. The average Bonchev–Trinajstić information content (AvgIpc) is 3.29. The Morgan fingerprint density at radius 3 is 2.66 bits per heavy atom. The Kier molecular flexibility index (Phi) is 3.68. The van der Waals surface area contributed by atoms with Crippen molar-refractivity contribution >= 4 is 21.8 Å². The summed E-state index contributed by atoms with van der Waals surface area (Å²) in [7, 11) is 0. The van der Waals surface area contributed by atoms with Crippen LogP contribution in [-0.2, 0) is 6.42 Å². The van der Waals surface area contributed by atoms with Crippen LogP contribution in [0.25, 0.3) is 21.8 Å². The summed E-state index contributed by atoms with van der Waals surface area (Å²) < 4.78 is 16.2. The predicted molar refractivity (Wildman–Crippen MR) is 113 cm³/mol. The van der Waals surface area contributed by atoms with E-state index in [4.69, 9.17) is 0 Å². The van der Waals surface area contributed by atoms with Crippen LogP contribution in [0.1, 0.15) is 36.1 Å². The molecule has 4 nitrogen and oxygen atoms in total. The van der Waals surface area contributed by atoms with Gasteiger partial charge in [-0.05, 0) is 54.0 Å². The molecule has 5 heteroatoms. The molecule has 6 rings (SSSR count). The predicted octanol–water partition coefficient (Wildman–Crippen LogP) is 4.56. The first-order valence-corrected chi connectivity index (χ1v) is 10.3. The van der Waals surface area contributed by atoms with Crippen LogP contribution in [0.3, 0.4) is 0 Å². The summed E-state index contributed by atoms with van der Waals surface area (Å²) in [6.45, 7) is 1.88. The number of nitrogens with one attached hydrogen (secondary N) is 1. The van der Waals surface area contributed by atoms with Crippen molar-refractivity contribution in [2.45, 2.75) is 31.3 Å². The number of likely N-dealkylation sites (tertiary alicyclic amines) is 1. The van der Waals surface area contributed by atoms with Crippen molar-refractivity contribution in [3.63, 3.8) is 0 Å². The highest BCUT2D eigenvalue weighted by Gasteiger charge is 2.33. The van der Waals surface area contributed by atoms with Crippen LogP contribution in [0, 0.1) is 5.82 Å². The van der Waals surface area contributed by atoms with E-state index in [1.54, 1.807) is 6.07 Å². The van der Waals surface area contributed by atoms with E-state index in [1.807, 2.05) is 47.0 Å². The minimum Gasteiger partial charge on any atom is -0.306 e. The average molecular weight is 387 g/mol. The van der Waals surface area contributed by atoms with Crippen LogP contribution in [-0.4, -0.2) is 27.5 Å². The van der Waals surface area contributed by atoms with Gasteiger partial charge in [-0.2, -0.15) is 0 Å². The minimum absolute atomic E-state index is 0.0156. The molecule has 0 saturated carbocycles. The van der Waals surface area contributed by atoms with Gasteiger partial charge in [-0.15, -0.1) is 0 Å². The number of halogens is 1. The van der Waals surface area contributed by atoms with E-state index in [-0.39, 0.29) is 17.5 Å². The summed E-state index contributed by atoms with van der Waals surface area (Å²) >= 11 is 0. The first-order valence-electron chi connectivity index (χ1n) is 10.3. The van der Waals surface area contributed by atoms with E-state index in [9.17, 15) is 9.18 Å². The summed E-state index contributed by atoms with van der Waals surface area (Å²) in [6.07, 6.45) is 2.83. The second-order valence-electron chi connectivity index (χ2n) is 8.28. The number of para-hydroxylation sites is 2. The number of hydrogen-bond donors (Lipinski definition) is 1. The molecule has 1 aliphatic carbocycles. The van der Waals surface area contributed by atoms with Crippen LogP contribution >= 0.6 is 0 Å². The highest BCUT2D eigenvalue weighted by Crippen LogP contribution is 2.42. The van der Waals surface area contributed by atoms with Crippen molar-refractivity contribution < 1.29 is 4.39 Å². The highest BCUT2D eigenvalue weighted by atomic mass is 19.1. The molecule has 2 heterocycles. The van der Waals surface area contributed by atoms with Gasteiger partial charge in [0.05, 0.1) is 11.0 Å². The van der Waals surface area contributed by atoms with Crippen molar-refractivity contribution in [3.05, 3.63) is 82.0 Å². The second-order valence-corrected chi connectivity index (χ2v) is 8.28. The largest absolute Gasteiger partial charge is 0.326 e. The maximum absolute atomic E-state index is 14.3. The maximum atomic E-state index is 14.3. The molecule has 2 aliphatic rings. The van der Waals surface area contributed by atoms with Gasteiger partial charge < -0.3 is 4.98 Å². The molecule has 29 heavy (non-hydrogen) atoms. The van der Waals surface area contributed by atoms with E-state index in [0.29, 0.717) is 6.04 Å².